The Hall–Kier alpha value is -2.70. The fourth-order valence-electron chi connectivity index (χ4n) is 2.06. The predicted octanol–water partition coefficient (Wildman–Crippen LogP) is 4.33. The minimum Gasteiger partial charge on any atom is -0.463 e. The average molecular weight is 430 g/mol. The van der Waals surface area contributed by atoms with Crippen molar-refractivity contribution >= 4 is 17.2 Å². The molecule has 28 heavy (non-hydrogen) atoms. The van der Waals surface area contributed by atoms with Gasteiger partial charge in [-0.1, -0.05) is 11.6 Å². The van der Waals surface area contributed by atoms with Crippen LogP contribution < -0.4 is 4.74 Å². The molecule has 0 saturated heterocycles. The molecule has 1 atom stereocenters. The quantitative estimate of drug-likeness (QED) is 0.580. The largest absolute Gasteiger partial charge is 0.463 e. The van der Waals surface area contributed by atoms with Crippen molar-refractivity contribution in [2.75, 3.05) is 0 Å². The van der Waals surface area contributed by atoms with Crippen molar-refractivity contribution in [1.29, 1.82) is 0 Å². The van der Waals surface area contributed by atoms with Crippen LogP contribution in [0.1, 0.15) is 12.7 Å². The lowest BCUT2D eigenvalue weighted by Gasteiger charge is -2.17. The molecule has 0 amide bonds. The van der Waals surface area contributed by atoms with E-state index in [0.717, 1.165) is 12.3 Å². The van der Waals surface area contributed by atoms with E-state index in [0.29, 0.717) is 17.5 Å². The third-order valence-electron chi connectivity index (χ3n) is 3.43. The van der Waals surface area contributed by atoms with Crippen molar-refractivity contribution in [1.82, 2.24) is 24.8 Å². The Labute approximate surface area is 155 Å². The molecule has 0 unspecified atom stereocenters. The highest BCUT2D eigenvalue weighted by atomic mass is 35.5. The molecule has 3 aromatic heterocycles. The number of fused-ring (bicyclic) bond motifs is 1. The molecule has 14 heteroatoms. The number of halogens is 8. The second kappa shape index (κ2) is 6.72. The molecule has 0 aliphatic heterocycles. The van der Waals surface area contributed by atoms with E-state index >= 15 is 0 Å². The summed E-state index contributed by atoms with van der Waals surface area (Å²) in [7, 11) is 0. The Morgan fingerprint density at radius 2 is 1.79 bits per heavy atom. The summed E-state index contributed by atoms with van der Waals surface area (Å²) in [6.07, 6.45) is -11.1. The molecule has 0 aliphatic rings. The summed E-state index contributed by atoms with van der Waals surface area (Å²) in [5.74, 6) is -3.66. The molecule has 0 bridgehead atoms. The van der Waals surface area contributed by atoms with Crippen LogP contribution in [-0.2, 0) is 6.18 Å². The number of alkyl halides is 6. The zero-order valence-electron chi connectivity index (χ0n) is 13.5. The Balaban J connectivity index is 2.03. The Morgan fingerprint density at radius 3 is 2.36 bits per heavy atom. The summed E-state index contributed by atoms with van der Waals surface area (Å²) in [6, 6.07) is 1.70. The van der Waals surface area contributed by atoms with Crippen molar-refractivity contribution in [3.05, 3.63) is 35.0 Å². The molecule has 0 radical (unpaired) electrons. The van der Waals surface area contributed by atoms with Gasteiger partial charge in [0.25, 0.3) is 11.7 Å². The van der Waals surface area contributed by atoms with Crippen molar-refractivity contribution in [2.45, 2.75) is 25.4 Å². The van der Waals surface area contributed by atoms with Gasteiger partial charge in [-0.2, -0.15) is 36.0 Å². The van der Waals surface area contributed by atoms with E-state index in [1.165, 1.54) is 0 Å². The molecular weight excluding hydrogens is 423 g/mol. The smallest absolute Gasteiger partial charge is 0.453 e. The maximum absolute atomic E-state index is 14.1. The van der Waals surface area contributed by atoms with Gasteiger partial charge in [0.2, 0.25) is 0 Å². The lowest BCUT2D eigenvalue weighted by atomic mass is 10.2. The minimum atomic E-state index is -4.87. The van der Waals surface area contributed by atoms with Crippen LogP contribution in [0.2, 0.25) is 5.02 Å². The molecule has 150 valence electrons. The first-order valence-corrected chi connectivity index (χ1v) is 7.64. The van der Waals surface area contributed by atoms with E-state index in [-0.39, 0.29) is 21.9 Å². The summed E-state index contributed by atoms with van der Waals surface area (Å²) in [5.41, 5.74) is -0.826. The van der Waals surface area contributed by atoms with Gasteiger partial charge in [0.15, 0.2) is 17.6 Å². The monoisotopic (exact) mass is 429 g/mol. The summed E-state index contributed by atoms with van der Waals surface area (Å²) in [6.45, 7) is 0.659. The topological polar surface area (TPSA) is 65.2 Å². The summed E-state index contributed by atoms with van der Waals surface area (Å²) >= 11 is 5.94. The molecule has 3 aromatic rings. The van der Waals surface area contributed by atoms with Crippen LogP contribution in [0.5, 0.6) is 5.88 Å². The molecule has 0 spiro atoms. The van der Waals surface area contributed by atoms with Crippen LogP contribution >= 0.6 is 11.6 Å². The second-order valence-corrected chi connectivity index (χ2v) is 5.85. The Bertz CT molecular complexity index is 1030. The molecule has 6 nitrogen and oxygen atoms in total. The molecule has 3 rings (SSSR count). The van der Waals surface area contributed by atoms with Gasteiger partial charge < -0.3 is 4.74 Å². The number of rotatable bonds is 3. The third-order valence-corrected chi connectivity index (χ3v) is 3.72. The number of nitrogens with zero attached hydrogens (tertiary/aromatic N) is 5. The van der Waals surface area contributed by atoms with E-state index in [2.05, 4.69) is 25.0 Å². The molecule has 0 aliphatic carbocycles. The maximum atomic E-state index is 14.1. The van der Waals surface area contributed by atoms with E-state index in [4.69, 9.17) is 11.6 Å². The minimum absolute atomic E-state index is 0.196. The average Bonchev–Trinajstić information content (AvgIpc) is 2.97. The SMILES string of the molecule is C[C@H](Oc1ncc(-c2nn3c(C(F)(F)F)nnc3cc2Cl)cc1F)C(F)(F)F. The highest BCUT2D eigenvalue weighted by Gasteiger charge is 2.39. The number of hydrogen-bond donors (Lipinski definition) is 0. The zero-order chi connectivity index (χ0) is 20.9. The predicted molar refractivity (Wildman–Crippen MR) is 80.1 cm³/mol. The van der Waals surface area contributed by atoms with E-state index < -0.39 is 36.0 Å². The fourth-order valence-corrected chi connectivity index (χ4v) is 2.30. The van der Waals surface area contributed by atoms with Gasteiger partial charge in [-0.25, -0.2) is 9.37 Å². The normalized spacial score (nSPS) is 13.8. The van der Waals surface area contributed by atoms with Gasteiger partial charge >= 0.3 is 12.4 Å². The van der Waals surface area contributed by atoms with E-state index in [1.54, 1.807) is 0 Å². The van der Waals surface area contributed by atoms with Crippen molar-refractivity contribution < 1.29 is 35.5 Å². The highest BCUT2D eigenvalue weighted by Crippen LogP contribution is 2.32. The first-order valence-electron chi connectivity index (χ1n) is 7.26. The van der Waals surface area contributed by atoms with Gasteiger partial charge in [-0.05, 0) is 13.0 Å². The molecule has 3 heterocycles. The molecule has 0 saturated carbocycles. The first-order chi connectivity index (χ1) is 12.9. The molecule has 0 N–H and O–H groups in total. The van der Waals surface area contributed by atoms with Crippen molar-refractivity contribution in [3.8, 4) is 17.1 Å². The lowest BCUT2D eigenvalue weighted by molar-refractivity contribution is -0.190. The van der Waals surface area contributed by atoms with Gasteiger partial charge in [0, 0.05) is 17.8 Å². The van der Waals surface area contributed by atoms with Crippen LogP contribution in [-0.4, -0.2) is 37.1 Å². The van der Waals surface area contributed by atoms with E-state index in [9.17, 15) is 30.7 Å². The standard InChI is InChI=1S/C14H7ClF7N5O/c1-5(13(17,18)19)28-11-8(16)2-6(4-23-11)10-7(15)3-9-24-25-12(14(20,21)22)27(9)26-10/h2-5H,1H3/t5-/m0/s1. The van der Waals surface area contributed by atoms with Gasteiger partial charge in [-0.3, -0.25) is 0 Å². The summed E-state index contributed by atoms with van der Waals surface area (Å²) in [4.78, 5) is 3.43. The highest BCUT2D eigenvalue weighted by molar-refractivity contribution is 6.33. The first kappa shape index (κ1) is 20.0. The number of hydrogen-bond acceptors (Lipinski definition) is 5. The van der Waals surface area contributed by atoms with Crippen LogP contribution in [0.25, 0.3) is 16.9 Å². The molecular formula is C14H7ClF7N5O. The summed E-state index contributed by atoms with van der Waals surface area (Å²) < 4.78 is 95.2. The van der Waals surface area contributed by atoms with Crippen LogP contribution in [0.4, 0.5) is 30.7 Å². The molecule has 0 aromatic carbocycles. The number of aromatic nitrogens is 5. The van der Waals surface area contributed by atoms with Crippen molar-refractivity contribution in [3.63, 3.8) is 0 Å². The number of ether oxygens (including phenoxy) is 1. The second-order valence-electron chi connectivity index (χ2n) is 5.44. The number of pyridine rings is 1. The Kier molecular flexibility index (Phi) is 4.81. The van der Waals surface area contributed by atoms with Crippen LogP contribution in [0.15, 0.2) is 18.3 Å². The molecule has 0 fully saturated rings. The zero-order valence-corrected chi connectivity index (χ0v) is 14.2. The summed E-state index contributed by atoms with van der Waals surface area (Å²) in [5, 5.41) is 9.73. The van der Waals surface area contributed by atoms with Crippen molar-refractivity contribution in [2.24, 2.45) is 0 Å². The van der Waals surface area contributed by atoms with Gasteiger partial charge in [0.05, 0.1) is 5.02 Å². The maximum Gasteiger partial charge on any atom is 0.453 e. The Morgan fingerprint density at radius 1 is 1.11 bits per heavy atom. The van der Waals surface area contributed by atoms with Gasteiger partial charge in [-0.15, -0.1) is 10.2 Å². The fraction of sp³-hybridized carbons (Fsp3) is 0.286. The van der Waals surface area contributed by atoms with E-state index in [1.807, 2.05) is 0 Å². The van der Waals surface area contributed by atoms with Gasteiger partial charge in [0.1, 0.15) is 5.69 Å². The lowest BCUT2D eigenvalue weighted by Crippen LogP contribution is -2.31. The third kappa shape index (κ3) is 3.79. The van der Waals surface area contributed by atoms with Crippen LogP contribution in [0.3, 0.4) is 0 Å². The van der Waals surface area contributed by atoms with Crippen LogP contribution in [0, 0.1) is 5.82 Å².